The lowest BCUT2D eigenvalue weighted by atomic mass is 9.98. The van der Waals surface area contributed by atoms with Crippen molar-refractivity contribution in [3.63, 3.8) is 0 Å². The molecule has 0 saturated carbocycles. The van der Waals surface area contributed by atoms with Gasteiger partial charge in [0.2, 0.25) is 0 Å². The van der Waals surface area contributed by atoms with E-state index in [1.807, 2.05) is 6.92 Å². The van der Waals surface area contributed by atoms with Gasteiger partial charge in [0.25, 0.3) is 0 Å². The molecule has 1 N–H and O–H groups in total. The third-order valence-corrected chi connectivity index (χ3v) is 3.20. The number of hydrogen-bond acceptors (Lipinski definition) is 2. The van der Waals surface area contributed by atoms with Gasteiger partial charge in [-0.2, -0.15) is 0 Å². The van der Waals surface area contributed by atoms with Crippen molar-refractivity contribution in [2.45, 2.75) is 19.4 Å². The zero-order valence-corrected chi connectivity index (χ0v) is 11.0. The molecule has 0 bridgehead atoms. The van der Waals surface area contributed by atoms with E-state index in [9.17, 15) is 8.78 Å². The van der Waals surface area contributed by atoms with Crippen LogP contribution in [0.2, 0.25) is 0 Å². The number of nitrogens with zero attached hydrogens (tertiary/aromatic N) is 1. The maximum atomic E-state index is 13.7. The fraction of sp³-hybridized carbons (Fsp3) is 0.267. The van der Waals surface area contributed by atoms with Crippen LogP contribution < -0.4 is 5.32 Å². The predicted octanol–water partition coefficient (Wildman–Crippen LogP) is 3.17. The van der Waals surface area contributed by atoms with Gasteiger partial charge in [-0.3, -0.25) is 4.98 Å². The number of benzene rings is 1. The molecule has 100 valence electrons. The molecular weight excluding hydrogens is 246 g/mol. The SMILES string of the molecule is CNC(Cc1cc(F)ccc1C)c1ncccc1F. The summed E-state index contributed by atoms with van der Waals surface area (Å²) in [4.78, 5) is 4.07. The number of hydrogen-bond donors (Lipinski definition) is 1. The molecule has 2 aromatic rings. The predicted molar refractivity (Wildman–Crippen MR) is 70.8 cm³/mol. The average Bonchev–Trinajstić information content (AvgIpc) is 2.41. The van der Waals surface area contributed by atoms with E-state index in [0.29, 0.717) is 12.1 Å². The summed E-state index contributed by atoms with van der Waals surface area (Å²) in [6, 6.07) is 7.30. The first-order valence-electron chi connectivity index (χ1n) is 6.14. The molecule has 1 aromatic heterocycles. The van der Waals surface area contributed by atoms with Crippen LogP contribution in [0.1, 0.15) is 22.9 Å². The molecule has 4 heteroatoms. The molecule has 1 atom stereocenters. The zero-order valence-electron chi connectivity index (χ0n) is 11.0. The number of nitrogens with one attached hydrogen (secondary N) is 1. The van der Waals surface area contributed by atoms with Gasteiger partial charge in [-0.05, 0) is 55.8 Å². The van der Waals surface area contributed by atoms with Crippen molar-refractivity contribution >= 4 is 0 Å². The summed E-state index contributed by atoms with van der Waals surface area (Å²) in [6.45, 7) is 1.91. The second-order valence-electron chi connectivity index (χ2n) is 4.49. The Morgan fingerprint density at radius 2 is 2.05 bits per heavy atom. The van der Waals surface area contributed by atoms with Gasteiger partial charge < -0.3 is 5.32 Å². The Bertz CT molecular complexity index is 570. The van der Waals surface area contributed by atoms with Crippen molar-refractivity contribution < 1.29 is 8.78 Å². The minimum Gasteiger partial charge on any atom is -0.311 e. The van der Waals surface area contributed by atoms with E-state index in [1.165, 1.54) is 18.2 Å². The highest BCUT2D eigenvalue weighted by atomic mass is 19.1. The van der Waals surface area contributed by atoms with Crippen molar-refractivity contribution in [3.8, 4) is 0 Å². The van der Waals surface area contributed by atoms with E-state index in [2.05, 4.69) is 10.3 Å². The topological polar surface area (TPSA) is 24.9 Å². The highest BCUT2D eigenvalue weighted by Gasteiger charge is 2.17. The Hall–Kier alpha value is -1.81. The highest BCUT2D eigenvalue weighted by Crippen LogP contribution is 2.21. The smallest absolute Gasteiger partial charge is 0.146 e. The van der Waals surface area contributed by atoms with E-state index in [0.717, 1.165) is 11.1 Å². The second kappa shape index (κ2) is 5.89. The molecule has 0 saturated heterocycles. The molecule has 0 aliphatic rings. The van der Waals surface area contributed by atoms with E-state index in [1.54, 1.807) is 25.4 Å². The Labute approximate surface area is 111 Å². The van der Waals surface area contributed by atoms with Crippen molar-refractivity contribution in [3.05, 3.63) is 65.0 Å². The standard InChI is InChI=1S/C15H16F2N2/c1-10-5-6-12(16)8-11(10)9-14(18-2)15-13(17)4-3-7-19-15/h3-8,14,18H,9H2,1-2H3. The molecule has 0 aliphatic carbocycles. The van der Waals surface area contributed by atoms with Crippen molar-refractivity contribution in [1.82, 2.24) is 10.3 Å². The lowest BCUT2D eigenvalue weighted by Gasteiger charge is -2.17. The third-order valence-electron chi connectivity index (χ3n) is 3.20. The fourth-order valence-electron chi connectivity index (χ4n) is 2.07. The monoisotopic (exact) mass is 262 g/mol. The first kappa shape index (κ1) is 13.6. The first-order chi connectivity index (χ1) is 9.11. The number of pyridine rings is 1. The minimum atomic E-state index is -0.351. The maximum absolute atomic E-state index is 13.7. The van der Waals surface area contributed by atoms with Crippen LogP contribution in [-0.4, -0.2) is 12.0 Å². The molecule has 1 aromatic carbocycles. The number of likely N-dealkylation sites (N-methyl/N-ethyl adjacent to an activating group) is 1. The van der Waals surface area contributed by atoms with Gasteiger partial charge in [-0.15, -0.1) is 0 Å². The van der Waals surface area contributed by atoms with Gasteiger partial charge in [0, 0.05) is 6.20 Å². The van der Waals surface area contributed by atoms with Crippen molar-refractivity contribution in [2.24, 2.45) is 0 Å². The quantitative estimate of drug-likeness (QED) is 0.915. The summed E-state index contributed by atoms with van der Waals surface area (Å²) in [5.41, 5.74) is 2.19. The Balaban J connectivity index is 2.29. The normalized spacial score (nSPS) is 12.4. The third kappa shape index (κ3) is 3.15. The first-order valence-corrected chi connectivity index (χ1v) is 6.14. The number of aryl methyl sites for hydroxylation is 1. The van der Waals surface area contributed by atoms with Crippen LogP contribution in [0.3, 0.4) is 0 Å². The van der Waals surface area contributed by atoms with Gasteiger partial charge in [0.05, 0.1) is 11.7 Å². The summed E-state index contributed by atoms with van der Waals surface area (Å²) in [7, 11) is 1.74. The van der Waals surface area contributed by atoms with Gasteiger partial charge in [-0.25, -0.2) is 8.78 Å². The van der Waals surface area contributed by atoms with Gasteiger partial charge in [-0.1, -0.05) is 6.07 Å². The van der Waals surface area contributed by atoms with Crippen LogP contribution in [0.4, 0.5) is 8.78 Å². The maximum Gasteiger partial charge on any atom is 0.146 e. The van der Waals surface area contributed by atoms with Crippen LogP contribution in [0.25, 0.3) is 0 Å². The number of rotatable bonds is 4. The molecule has 19 heavy (non-hydrogen) atoms. The summed E-state index contributed by atoms with van der Waals surface area (Å²) in [5, 5.41) is 3.03. The lowest BCUT2D eigenvalue weighted by molar-refractivity contribution is 0.514. The summed E-state index contributed by atoms with van der Waals surface area (Å²) < 4.78 is 27.0. The molecule has 1 heterocycles. The van der Waals surface area contributed by atoms with Gasteiger partial charge in [0.15, 0.2) is 0 Å². The zero-order chi connectivity index (χ0) is 13.8. The molecule has 0 amide bonds. The molecule has 0 fully saturated rings. The molecule has 1 unspecified atom stereocenters. The molecular formula is C15H16F2N2. The van der Waals surface area contributed by atoms with Gasteiger partial charge in [0.1, 0.15) is 11.6 Å². The highest BCUT2D eigenvalue weighted by molar-refractivity contribution is 5.28. The number of halogens is 2. The van der Waals surface area contributed by atoms with Crippen molar-refractivity contribution in [1.29, 1.82) is 0 Å². The molecule has 0 radical (unpaired) electrons. The Kier molecular flexibility index (Phi) is 4.22. The fourth-order valence-corrected chi connectivity index (χ4v) is 2.07. The van der Waals surface area contributed by atoms with E-state index < -0.39 is 0 Å². The minimum absolute atomic E-state index is 0.276. The van der Waals surface area contributed by atoms with Crippen LogP contribution >= 0.6 is 0 Å². The summed E-state index contributed by atoms with van der Waals surface area (Å²) in [5.74, 6) is -0.632. The Morgan fingerprint density at radius 3 is 2.74 bits per heavy atom. The molecule has 0 aliphatic heterocycles. The van der Waals surface area contributed by atoms with E-state index in [-0.39, 0.29) is 17.7 Å². The molecule has 2 rings (SSSR count). The number of aromatic nitrogens is 1. The summed E-state index contributed by atoms with van der Waals surface area (Å²) >= 11 is 0. The Morgan fingerprint density at radius 1 is 1.26 bits per heavy atom. The van der Waals surface area contributed by atoms with Gasteiger partial charge >= 0.3 is 0 Å². The molecule has 2 nitrogen and oxygen atoms in total. The van der Waals surface area contributed by atoms with Crippen molar-refractivity contribution in [2.75, 3.05) is 7.05 Å². The van der Waals surface area contributed by atoms with Crippen LogP contribution in [0.15, 0.2) is 36.5 Å². The largest absolute Gasteiger partial charge is 0.311 e. The van der Waals surface area contributed by atoms with Crippen LogP contribution in [-0.2, 0) is 6.42 Å². The second-order valence-corrected chi connectivity index (χ2v) is 4.49. The lowest BCUT2D eigenvalue weighted by Crippen LogP contribution is -2.21. The van der Waals surface area contributed by atoms with E-state index in [4.69, 9.17) is 0 Å². The average molecular weight is 262 g/mol. The van der Waals surface area contributed by atoms with Crippen LogP contribution in [0.5, 0.6) is 0 Å². The molecule has 0 spiro atoms. The van der Waals surface area contributed by atoms with E-state index >= 15 is 0 Å². The summed E-state index contributed by atoms with van der Waals surface area (Å²) in [6.07, 6.45) is 2.05. The van der Waals surface area contributed by atoms with Crippen LogP contribution in [0, 0.1) is 18.6 Å².